The molecule has 6 heteroatoms. The van der Waals surface area contributed by atoms with Crippen LogP contribution in [-0.2, 0) is 20.2 Å². The van der Waals surface area contributed by atoms with Crippen LogP contribution in [0.25, 0.3) is 0 Å². The molecule has 2 fully saturated rings. The van der Waals surface area contributed by atoms with Crippen LogP contribution in [-0.4, -0.2) is 31.7 Å². The van der Waals surface area contributed by atoms with Crippen molar-refractivity contribution in [3.8, 4) is 0 Å². The van der Waals surface area contributed by atoms with E-state index in [0.717, 1.165) is 37.7 Å². The van der Waals surface area contributed by atoms with E-state index in [9.17, 15) is 13.2 Å². The molecule has 0 aromatic heterocycles. The van der Waals surface area contributed by atoms with Crippen molar-refractivity contribution in [3.05, 3.63) is 60.2 Å². The first-order valence-corrected chi connectivity index (χ1v) is 10.9. The Morgan fingerprint density at radius 1 is 0.889 bits per heavy atom. The lowest BCUT2D eigenvalue weighted by molar-refractivity contribution is -0.118. The number of carbonyl (C=O) groups is 1. The van der Waals surface area contributed by atoms with Gasteiger partial charge in [0.2, 0.25) is 15.9 Å². The highest BCUT2D eigenvalue weighted by atomic mass is 32.2. The van der Waals surface area contributed by atoms with Crippen molar-refractivity contribution in [2.45, 2.75) is 42.4 Å². The van der Waals surface area contributed by atoms with Gasteiger partial charge in [-0.25, -0.2) is 8.42 Å². The number of nitrogens with zero attached hydrogens (tertiary/aromatic N) is 1. The van der Waals surface area contributed by atoms with Gasteiger partial charge in [-0.05, 0) is 55.5 Å². The summed E-state index contributed by atoms with van der Waals surface area (Å²) >= 11 is 0. The van der Waals surface area contributed by atoms with Crippen molar-refractivity contribution < 1.29 is 13.2 Å². The molecule has 2 aromatic rings. The van der Waals surface area contributed by atoms with Gasteiger partial charge in [0.15, 0.2) is 0 Å². The Labute approximate surface area is 160 Å². The maximum atomic E-state index is 12.8. The molecule has 142 valence electrons. The lowest BCUT2D eigenvalue weighted by Crippen LogP contribution is -2.35. The average molecular weight is 385 g/mol. The van der Waals surface area contributed by atoms with Gasteiger partial charge in [0.1, 0.15) is 0 Å². The second kappa shape index (κ2) is 7.09. The van der Waals surface area contributed by atoms with Crippen LogP contribution in [0, 0.1) is 0 Å². The summed E-state index contributed by atoms with van der Waals surface area (Å²) < 4.78 is 27.0. The van der Waals surface area contributed by atoms with E-state index in [4.69, 9.17) is 0 Å². The van der Waals surface area contributed by atoms with E-state index >= 15 is 0 Å². The number of nitrogens with one attached hydrogen (secondary N) is 1. The molecule has 0 atom stereocenters. The lowest BCUT2D eigenvalue weighted by Gasteiger charge is -2.26. The third-order valence-electron chi connectivity index (χ3n) is 5.58. The molecule has 0 bridgehead atoms. The summed E-state index contributed by atoms with van der Waals surface area (Å²) in [5, 5.41) is 2.95. The zero-order valence-corrected chi connectivity index (χ0v) is 16.0. The Morgan fingerprint density at radius 3 is 2.11 bits per heavy atom. The molecular weight excluding hydrogens is 360 g/mol. The molecule has 1 N–H and O–H groups in total. The monoisotopic (exact) mass is 384 g/mol. The number of sulfonamides is 1. The fraction of sp³-hybridized carbons (Fsp3) is 0.381. The van der Waals surface area contributed by atoms with Gasteiger partial charge < -0.3 is 5.32 Å². The van der Waals surface area contributed by atoms with Crippen molar-refractivity contribution >= 4 is 21.6 Å². The van der Waals surface area contributed by atoms with Gasteiger partial charge in [0.25, 0.3) is 0 Å². The minimum absolute atomic E-state index is 0.0275. The molecule has 1 heterocycles. The molecule has 1 saturated carbocycles. The molecule has 2 aromatic carbocycles. The van der Waals surface area contributed by atoms with Gasteiger partial charge >= 0.3 is 0 Å². The van der Waals surface area contributed by atoms with Crippen molar-refractivity contribution in [2.24, 2.45) is 0 Å². The van der Waals surface area contributed by atoms with E-state index in [1.807, 2.05) is 30.3 Å². The number of carbonyl (C=O) groups excluding carboxylic acids is 1. The number of benzene rings is 2. The Balaban J connectivity index is 1.48. The fourth-order valence-electron chi connectivity index (χ4n) is 3.74. The minimum atomic E-state index is -3.45. The van der Waals surface area contributed by atoms with E-state index < -0.39 is 15.4 Å². The van der Waals surface area contributed by atoms with E-state index in [1.54, 1.807) is 28.6 Å². The third-order valence-corrected chi connectivity index (χ3v) is 7.49. The lowest BCUT2D eigenvalue weighted by atomic mass is 9.95. The molecule has 1 amide bonds. The largest absolute Gasteiger partial charge is 0.325 e. The normalized spacial score (nSPS) is 19.4. The highest BCUT2D eigenvalue weighted by Crippen LogP contribution is 2.48. The molecule has 0 unspecified atom stereocenters. The Kier molecular flexibility index (Phi) is 4.78. The van der Waals surface area contributed by atoms with Gasteiger partial charge in [-0.15, -0.1) is 0 Å². The van der Waals surface area contributed by atoms with Crippen molar-refractivity contribution in [2.75, 3.05) is 18.4 Å². The molecule has 1 aliphatic heterocycles. The number of hydrogen-bond acceptors (Lipinski definition) is 3. The van der Waals surface area contributed by atoms with E-state index in [-0.39, 0.29) is 10.8 Å². The third kappa shape index (κ3) is 3.51. The Bertz CT molecular complexity index is 914. The second-order valence-corrected chi connectivity index (χ2v) is 9.33. The summed E-state index contributed by atoms with van der Waals surface area (Å²) in [5.41, 5.74) is 1.21. The SMILES string of the molecule is O=C(Nc1ccc(S(=O)(=O)N2CCCCC2)cc1)C1(c2ccccc2)CC1. The van der Waals surface area contributed by atoms with Crippen molar-refractivity contribution in [3.63, 3.8) is 0 Å². The molecule has 5 nitrogen and oxygen atoms in total. The van der Waals surface area contributed by atoms with Crippen LogP contribution in [0.4, 0.5) is 5.69 Å². The highest BCUT2D eigenvalue weighted by Gasteiger charge is 2.51. The Hall–Kier alpha value is -2.18. The van der Waals surface area contributed by atoms with Crippen LogP contribution in [0.2, 0.25) is 0 Å². The second-order valence-electron chi connectivity index (χ2n) is 7.39. The smallest absolute Gasteiger partial charge is 0.243 e. The number of piperidine rings is 1. The molecule has 2 aliphatic rings. The van der Waals surface area contributed by atoms with Crippen LogP contribution in [0.5, 0.6) is 0 Å². The number of hydrogen-bond donors (Lipinski definition) is 1. The van der Waals surface area contributed by atoms with E-state index in [1.165, 1.54) is 0 Å². The molecule has 1 aliphatic carbocycles. The number of amides is 1. The molecule has 27 heavy (non-hydrogen) atoms. The topological polar surface area (TPSA) is 66.5 Å². The predicted molar refractivity (Wildman–Crippen MR) is 105 cm³/mol. The summed E-state index contributed by atoms with van der Waals surface area (Å²) in [6, 6.07) is 16.3. The number of rotatable bonds is 5. The molecular formula is C21H24N2O3S. The first kappa shape index (κ1) is 18.2. The standard InChI is InChI=1S/C21H24N2O3S/c24-20(21(13-14-21)17-7-3-1-4-8-17)22-18-9-11-19(12-10-18)27(25,26)23-15-5-2-6-16-23/h1,3-4,7-12H,2,5-6,13-16H2,(H,22,24). The zero-order valence-electron chi connectivity index (χ0n) is 15.2. The first-order chi connectivity index (χ1) is 13.0. The van der Waals surface area contributed by atoms with Crippen LogP contribution in [0.3, 0.4) is 0 Å². The summed E-state index contributed by atoms with van der Waals surface area (Å²) in [5.74, 6) is -0.0275. The summed E-state index contributed by atoms with van der Waals surface area (Å²) in [4.78, 5) is 13.1. The van der Waals surface area contributed by atoms with Gasteiger partial charge in [-0.2, -0.15) is 4.31 Å². The van der Waals surface area contributed by atoms with Gasteiger partial charge in [0.05, 0.1) is 10.3 Å². The zero-order chi connectivity index (χ0) is 18.9. The van der Waals surface area contributed by atoms with Gasteiger partial charge in [0, 0.05) is 18.8 Å². The van der Waals surface area contributed by atoms with Crippen LogP contribution in [0.15, 0.2) is 59.5 Å². The van der Waals surface area contributed by atoms with Crippen LogP contribution in [0.1, 0.15) is 37.7 Å². The molecule has 1 saturated heterocycles. The number of anilines is 1. The first-order valence-electron chi connectivity index (χ1n) is 9.50. The minimum Gasteiger partial charge on any atom is -0.325 e. The van der Waals surface area contributed by atoms with Gasteiger partial charge in [-0.3, -0.25) is 4.79 Å². The average Bonchev–Trinajstić information content (AvgIpc) is 3.52. The maximum Gasteiger partial charge on any atom is 0.243 e. The summed E-state index contributed by atoms with van der Waals surface area (Å²) in [6.45, 7) is 1.17. The fourth-order valence-corrected chi connectivity index (χ4v) is 5.26. The summed E-state index contributed by atoms with van der Waals surface area (Å²) in [6.07, 6.45) is 4.58. The molecule has 0 spiro atoms. The van der Waals surface area contributed by atoms with Crippen LogP contribution >= 0.6 is 0 Å². The molecule has 4 rings (SSSR count). The highest BCUT2D eigenvalue weighted by molar-refractivity contribution is 7.89. The van der Waals surface area contributed by atoms with Crippen molar-refractivity contribution in [1.29, 1.82) is 0 Å². The summed E-state index contributed by atoms with van der Waals surface area (Å²) in [7, 11) is -3.45. The Morgan fingerprint density at radius 2 is 1.52 bits per heavy atom. The van der Waals surface area contributed by atoms with Gasteiger partial charge in [-0.1, -0.05) is 36.8 Å². The quantitative estimate of drug-likeness (QED) is 0.858. The van der Waals surface area contributed by atoms with E-state index in [0.29, 0.717) is 18.8 Å². The molecule has 0 radical (unpaired) electrons. The van der Waals surface area contributed by atoms with Crippen molar-refractivity contribution in [1.82, 2.24) is 4.31 Å². The maximum absolute atomic E-state index is 12.8. The predicted octanol–water partition coefficient (Wildman–Crippen LogP) is 3.53. The van der Waals surface area contributed by atoms with E-state index in [2.05, 4.69) is 5.32 Å². The van der Waals surface area contributed by atoms with Crippen LogP contribution < -0.4 is 5.32 Å².